The Kier molecular flexibility index (Phi) is 6.18. The molecule has 0 N–H and O–H groups in total. The van der Waals surface area contributed by atoms with Crippen LogP contribution in [0.5, 0.6) is 0 Å². The molecule has 3 aromatic rings. The van der Waals surface area contributed by atoms with E-state index in [0.29, 0.717) is 49.7 Å². The van der Waals surface area contributed by atoms with E-state index in [4.69, 9.17) is 4.74 Å². The molecule has 4 rings (SSSR count). The van der Waals surface area contributed by atoms with Crippen LogP contribution in [0, 0.1) is 0 Å². The van der Waals surface area contributed by atoms with Crippen LogP contribution in [0.4, 0.5) is 0 Å². The smallest absolute Gasteiger partial charge is 0.283 e. The normalized spacial score (nSPS) is 14.9. The van der Waals surface area contributed by atoms with Gasteiger partial charge in [-0.05, 0) is 42.9 Å². The quantitative estimate of drug-likeness (QED) is 0.589. The van der Waals surface area contributed by atoms with Crippen LogP contribution in [-0.4, -0.2) is 52.1 Å². The van der Waals surface area contributed by atoms with Crippen molar-refractivity contribution in [3.63, 3.8) is 0 Å². The number of nitrogens with zero attached hydrogens (tertiary/aromatic N) is 4. The molecule has 1 saturated heterocycles. The third kappa shape index (κ3) is 4.11. The maximum absolute atomic E-state index is 13.2. The van der Waals surface area contributed by atoms with Crippen molar-refractivity contribution in [1.29, 1.82) is 0 Å². The summed E-state index contributed by atoms with van der Waals surface area (Å²) in [7, 11) is 1.62. The van der Waals surface area contributed by atoms with Gasteiger partial charge >= 0.3 is 0 Å². The van der Waals surface area contributed by atoms with Gasteiger partial charge in [-0.25, -0.2) is 9.97 Å². The van der Waals surface area contributed by atoms with Crippen molar-refractivity contribution in [2.75, 3.05) is 26.8 Å². The SMILES string of the molecule is COCCCn1c(=O)c(C(=O)N2CCC(c3ccccc3)CC2)nc2cccnc21. The lowest BCUT2D eigenvalue weighted by Gasteiger charge is -2.32. The number of rotatable bonds is 6. The number of hydrogen-bond acceptors (Lipinski definition) is 5. The van der Waals surface area contributed by atoms with E-state index in [0.717, 1.165) is 12.8 Å². The number of ether oxygens (including phenoxy) is 1. The molecule has 1 amide bonds. The van der Waals surface area contributed by atoms with Crippen LogP contribution in [0.2, 0.25) is 0 Å². The maximum atomic E-state index is 13.2. The van der Waals surface area contributed by atoms with Crippen molar-refractivity contribution in [2.24, 2.45) is 0 Å². The lowest BCUT2D eigenvalue weighted by Crippen LogP contribution is -2.42. The zero-order chi connectivity index (χ0) is 20.9. The number of carbonyl (C=O) groups is 1. The number of carbonyl (C=O) groups excluding carboxylic acids is 1. The van der Waals surface area contributed by atoms with Crippen molar-refractivity contribution in [1.82, 2.24) is 19.4 Å². The molecule has 1 aromatic carbocycles. The topological polar surface area (TPSA) is 77.3 Å². The Bertz CT molecular complexity index is 1070. The average molecular weight is 406 g/mol. The summed E-state index contributed by atoms with van der Waals surface area (Å²) < 4.78 is 6.66. The molecule has 0 atom stereocenters. The van der Waals surface area contributed by atoms with Crippen molar-refractivity contribution >= 4 is 17.1 Å². The van der Waals surface area contributed by atoms with Crippen LogP contribution in [0.15, 0.2) is 53.5 Å². The van der Waals surface area contributed by atoms with Crippen molar-refractivity contribution in [3.8, 4) is 0 Å². The maximum Gasteiger partial charge on any atom is 0.283 e. The van der Waals surface area contributed by atoms with Crippen LogP contribution in [0.3, 0.4) is 0 Å². The molecule has 1 aliphatic rings. The van der Waals surface area contributed by atoms with Gasteiger partial charge in [0.2, 0.25) is 0 Å². The van der Waals surface area contributed by atoms with Gasteiger partial charge in [0.15, 0.2) is 11.3 Å². The third-order valence-corrected chi connectivity index (χ3v) is 5.69. The number of piperidine rings is 1. The minimum Gasteiger partial charge on any atom is -0.385 e. The Morgan fingerprint density at radius 3 is 2.63 bits per heavy atom. The molecule has 0 saturated carbocycles. The van der Waals surface area contributed by atoms with Gasteiger partial charge in [0.1, 0.15) is 5.52 Å². The Hall–Kier alpha value is -3.06. The monoisotopic (exact) mass is 406 g/mol. The van der Waals surface area contributed by atoms with Crippen LogP contribution >= 0.6 is 0 Å². The van der Waals surface area contributed by atoms with Crippen LogP contribution in [-0.2, 0) is 11.3 Å². The number of fused-ring (bicyclic) bond motifs is 1. The number of likely N-dealkylation sites (tertiary alicyclic amines) is 1. The summed E-state index contributed by atoms with van der Waals surface area (Å²) in [6, 6.07) is 13.9. The van der Waals surface area contributed by atoms with Crippen LogP contribution in [0.1, 0.15) is 41.2 Å². The first kappa shape index (κ1) is 20.2. The minimum absolute atomic E-state index is 0.0222. The number of methoxy groups -OCH3 is 1. The highest BCUT2D eigenvalue weighted by Gasteiger charge is 2.28. The molecule has 0 bridgehead atoms. The molecule has 2 aromatic heterocycles. The standard InChI is InChI=1S/C23H26N4O3/c1-30-16-6-13-27-21-19(9-5-12-24-21)25-20(23(27)29)22(28)26-14-10-18(11-15-26)17-7-3-2-4-8-17/h2-5,7-9,12,18H,6,10-11,13-16H2,1H3. The molecular weight excluding hydrogens is 380 g/mol. The molecule has 156 valence electrons. The summed E-state index contributed by atoms with van der Waals surface area (Å²) in [5.74, 6) is 0.146. The van der Waals surface area contributed by atoms with Gasteiger partial charge in [-0.1, -0.05) is 30.3 Å². The van der Waals surface area contributed by atoms with E-state index in [1.54, 1.807) is 34.9 Å². The number of hydrogen-bond donors (Lipinski definition) is 0. The second-order valence-corrected chi connectivity index (χ2v) is 7.59. The Morgan fingerprint density at radius 1 is 1.13 bits per heavy atom. The Labute approximate surface area is 175 Å². The van der Waals surface area contributed by atoms with Gasteiger partial charge < -0.3 is 9.64 Å². The van der Waals surface area contributed by atoms with Crippen molar-refractivity contribution in [3.05, 3.63) is 70.3 Å². The number of aryl methyl sites for hydroxylation is 1. The first-order chi connectivity index (χ1) is 14.7. The third-order valence-electron chi connectivity index (χ3n) is 5.69. The molecule has 30 heavy (non-hydrogen) atoms. The van der Waals surface area contributed by atoms with Crippen molar-refractivity contribution < 1.29 is 9.53 Å². The van der Waals surface area contributed by atoms with E-state index in [1.807, 2.05) is 18.2 Å². The van der Waals surface area contributed by atoms with E-state index >= 15 is 0 Å². The highest BCUT2D eigenvalue weighted by molar-refractivity contribution is 5.93. The number of aromatic nitrogens is 3. The summed E-state index contributed by atoms with van der Waals surface area (Å²) in [4.78, 5) is 36.8. The van der Waals surface area contributed by atoms with E-state index in [2.05, 4.69) is 22.1 Å². The molecule has 3 heterocycles. The fourth-order valence-corrected chi connectivity index (χ4v) is 4.08. The fourth-order valence-electron chi connectivity index (χ4n) is 4.08. The minimum atomic E-state index is -0.382. The molecular formula is C23H26N4O3. The molecule has 1 aliphatic heterocycles. The first-order valence-corrected chi connectivity index (χ1v) is 10.4. The lowest BCUT2D eigenvalue weighted by molar-refractivity contribution is 0.0704. The summed E-state index contributed by atoms with van der Waals surface area (Å²) in [6.07, 6.45) is 4.05. The molecule has 0 unspecified atom stereocenters. The lowest BCUT2D eigenvalue weighted by atomic mass is 9.89. The molecule has 0 aliphatic carbocycles. The highest BCUT2D eigenvalue weighted by Crippen LogP contribution is 2.28. The largest absolute Gasteiger partial charge is 0.385 e. The van der Waals surface area contributed by atoms with Gasteiger partial charge in [-0.2, -0.15) is 0 Å². The predicted octanol–water partition coefficient (Wildman–Crippen LogP) is 2.85. The Balaban J connectivity index is 1.57. The van der Waals surface area contributed by atoms with Gasteiger partial charge in [0, 0.05) is 39.5 Å². The van der Waals surface area contributed by atoms with Crippen molar-refractivity contribution in [2.45, 2.75) is 31.7 Å². The van der Waals surface area contributed by atoms with Gasteiger partial charge in [0.05, 0.1) is 0 Å². The summed E-state index contributed by atoms with van der Waals surface area (Å²) in [5.41, 5.74) is 1.95. The zero-order valence-corrected chi connectivity index (χ0v) is 17.2. The predicted molar refractivity (Wildman–Crippen MR) is 115 cm³/mol. The van der Waals surface area contributed by atoms with E-state index in [9.17, 15) is 9.59 Å². The van der Waals surface area contributed by atoms with Gasteiger partial charge in [-0.3, -0.25) is 14.2 Å². The molecule has 7 heteroatoms. The van der Waals surface area contributed by atoms with E-state index in [-0.39, 0.29) is 17.2 Å². The molecule has 0 radical (unpaired) electrons. The average Bonchev–Trinajstić information content (AvgIpc) is 2.80. The number of pyridine rings is 1. The summed E-state index contributed by atoms with van der Waals surface area (Å²) in [5, 5.41) is 0. The number of benzene rings is 1. The van der Waals surface area contributed by atoms with Crippen LogP contribution < -0.4 is 5.56 Å². The van der Waals surface area contributed by atoms with E-state index in [1.165, 1.54) is 5.56 Å². The van der Waals surface area contributed by atoms with Crippen LogP contribution in [0.25, 0.3) is 11.2 Å². The second-order valence-electron chi connectivity index (χ2n) is 7.59. The molecule has 0 spiro atoms. The van der Waals surface area contributed by atoms with Gasteiger partial charge in [0.25, 0.3) is 11.5 Å². The first-order valence-electron chi connectivity index (χ1n) is 10.4. The second kappa shape index (κ2) is 9.17. The van der Waals surface area contributed by atoms with E-state index < -0.39 is 0 Å². The fraction of sp³-hybridized carbons (Fsp3) is 0.391. The summed E-state index contributed by atoms with van der Waals surface area (Å²) in [6.45, 7) is 2.20. The molecule has 1 fully saturated rings. The number of amides is 1. The zero-order valence-electron chi connectivity index (χ0n) is 17.2. The summed E-state index contributed by atoms with van der Waals surface area (Å²) >= 11 is 0. The molecule has 7 nitrogen and oxygen atoms in total. The van der Waals surface area contributed by atoms with Gasteiger partial charge in [-0.15, -0.1) is 0 Å². The Morgan fingerprint density at radius 2 is 1.90 bits per heavy atom. The highest BCUT2D eigenvalue weighted by atomic mass is 16.5.